The van der Waals surface area contributed by atoms with Crippen molar-refractivity contribution in [2.24, 2.45) is 5.92 Å². The van der Waals surface area contributed by atoms with Crippen molar-refractivity contribution >= 4 is 14.3 Å². The highest BCUT2D eigenvalue weighted by molar-refractivity contribution is 6.74. The molecule has 0 saturated carbocycles. The van der Waals surface area contributed by atoms with E-state index in [0.717, 1.165) is 12.8 Å². The first-order chi connectivity index (χ1) is 13.2. The number of esters is 1. The van der Waals surface area contributed by atoms with Gasteiger partial charge in [0.2, 0.25) is 0 Å². The highest BCUT2D eigenvalue weighted by atomic mass is 28.4. The Bertz CT molecular complexity index is 446. The van der Waals surface area contributed by atoms with Crippen molar-refractivity contribution in [2.75, 3.05) is 0 Å². The van der Waals surface area contributed by atoms with Crippen molar-refractivity contribution in [1.29, 1.82) is 0 Å². The minimum Gasteiger partial charge on any atom is -0.460 e. The molecule has 4 heteroatoms. The highest BCUT2D eigenvalue weighted by Crippen LogP contribution is 2.38. The number of ether oxygens (including phenoxy) is 1. The Balaban J connectivity index is 4.36. The molecule has 0 heterocycles. The molecule has 0 saturated heterocycles. The molecule has 0 aliphatic carbocycles. The van der Waals surface area contributed by atoms with Crippen LogP contribution in [0.2, 0.25) is 18.1 Å². The summed E-state index contributed by atoms with van der Waals surface area (Å²) in [6.07, 6.45) is 11.6. The highest BCUT2D eigenvalue weighted by Gasteiger charge is 2.38. The third kappa shape index (κ3) is 14.3. The molecule has 0 aromatic carbocycles. The zero-order valence-corrected chi connectivity index (χ0v) is 22.5. The summed E-state index contributed by atoms with van der Waals surface area (Å²) in [4.78, 5) is 11.8. The summed E-state index contributed by atoms with van der Waals surface area (Å²) >= 11 is 0. The Labute approximate surface area is 183 Å². The third-order valence-electron chi connectivity index (χ3n) is 6.13. The van der Waals surface area contributed by atoms with Gasteiger partial charge in [-0.2, -0.15) is 0 Å². The molecule has 2 atom stereocenters. The first-order valence-electron chi connectivity index (χ1n) is 12.1. The molecule has 0 rings (SSSR count). The van der Waals surface area contributed by atoms with Crippen LogP contribution in [0.3, 0.4) is 0 Å². The second-order valence-corrected chi connectivity index (χ2v) is 16.3. The molecule has 0 aromatic rings. The molecule has 0 spiro atoms. The molecule has 0 aromatic heterocycles. The Morgan fingerprint density at radius 1 is 0.862 bits per heavy atom. The lowest BCUT2D eigenvalue weighted by atomic mass is 9.95. The fraction of sp³-hybridized carbons (Fsp3) is 0.960. The zero-order chi connectivity index (χ0) is 22.7. The van der Waals surface area contributed by atoms with E-state index < -0.39 is 8.32 Å². The number of hydrogen-bond acceptors (Lipinski definition) is 3. The molecule has 174 valence electrons. The van der Waals surface area contributed by atoms with Gasteiger partial charge in [0.1, 0.15) is 5.60 Å². The summed E-state index contributed by atoms with van der Waals surface area (Å²) in [6.45, 7) is 22.1. The molecular formula is C25H52O3Si. The van der Waals surface area contributed by atoms with Crippen LogP contribution in [0.5, 0.6) is 0 Å². The van der Waals surface area contributed by atoms with Crippen molar-refractivity contribution in [3.63, 3.8) is 0 Å². The number of carbonyl (C=O) groups is 1. The van der Waals surface area contributed by atoms with Gasteiger partial charge in [-0.3, -0.25) is 4.79 Å². The molecule has 0 radical (unpaired) electrons. The molecule has 0 bridgehead atoms. The smallest absolute Gasteiger partial charge is 0.306 e. The molecular weight excluding hydrogens is 376 g/mol. The van der Waals surface area contributed by atoms with Gasteiger partial charge in [0.15, 0.2) is 8.32 Å². The van der Waals surface area contributed by atoms with Gasteiger partial charge < -0.3 is 9.16 Å². The van der Waals surface area contributed by atoms with Gasteiger partial charge >= 0.3 is 5.97 Å². The lowest BCUT2D eigenvalue weighted by Crippen LogP contribution is -2.44. The van der Waals surface area contributed by atoms with Crippen LogP contribution >= 0.6 is 0 Å². The zero-order valence-electron chi connectivity index (χ0n) is 21.5. The van der Waals surface area contributed by atoms with Gasteiger partial charge in [-0.25, -0.2) is 0 Å². The minimum absolute atomic E-state index is 0.0658. The van der Waals surface area contributed by atoms with Crippen molar-refractivity contribution in [3.8, 4) is 0 Å². The average Bonchev–Trinajstić information content (AvgIpc) is 2.53. The number of rotatable bonds is 14. The van der Waals surface area contributed by atoms with Gasteiger partial charge in [-0.15, -0.1) is 0 Å². The fourth-order valence-corrected chi connectivity index (χ4v) is 4.67. The maximum absolute atomic E-state index is 11.8. The molecule has 29 heavy (non-hydrogen) atoms. The van der Waals surface area contributed by atoms with E-state index in [1.165, 1.54) is 44.9 Å². The molecule has 0 unspecified atom stereocenters. The number of unbranched alkanes of at least 4 members (excludes halogenated alkanes) is 3. The van der Waals surface area contributed by atoms with Crippen molar-refractivity contribution in [2.45, 2.75) is 149 Å². The molecule has 0 fully saturated rings. The second kappa shape index (κ2) is 13.1. The summed E-state index contributed by atoms with van der Waals surface area (Å²) in [7, 11) is -1.72. The predicted molar refractivity (Wildman–Crippen MR) is 129 cm³/mol. The Morgan fingerprint density at radius 2 is 1.45 bits per heavy atom. The first kappa shape index (κ1) is 28.6. The van der Waals surface area contributed by atoms with E-state index in [-0.39, 0.29) is 16.6 Å². The maximum Gasteiger partial charge on any atom is 0.306 e. The van der Waals surface area contributed by atoms with Crippen LogP contribution in [0, 0.1) is 5.92 Å². The monoisotopic (exact) mass is 428 g/mol. The average molecular weight is 429 g/mol. The van der Waals surface area contributed by atoms with Crippen LogP contribution in [-0.2, 0) is 14.0 Å². The van der Waals surface area contributed by atoms with Crippen LogP contribution in [-0.4, -0.2) is 26.0 Å². The second-order valence-electron chi connectivity index (χ2n) is 11.5. The summed E-state index contributed by atoms with van der Waals surface area (Å²) in [5, 5.41) is 0.267. The Kier molecular flexibility index (Phi) is 13.0. The van der Waals surface area contributed by atoms with Gasteiger partial charge in [-0.1, -0.05) is 66.7 Å². The van der Waals surface area contributed by atoms with E-state index in [9.17, 15) is 4.79 Å². The van der Waals surface area contributed by atoms with E-state index in [1.807, 2.05) is 20.8 Å². The first-order valence-corrected chi connectivity index (χ1v) is 15.0. The third-order valence-corrected chi connectivity index (χ3v) is 10.7. The number of hydrogen-bond donors (Lipinski definition) is 0. The maximum atomic E-state index is 11.8. The van der Waals surface area contributed by atoms with Gasteiger partial charge in [0.05, 0.1) is 0 Å². The molecule has 3 nitrogen and oxygen atoms in total. The van der Waals surface area contributed by atoms with Gasteiger partial charge in [0, 0.05) is 12.5 Å². The summed E-state index contributed by atoms with van der Waals surface area (Å²) in [5.74, 6) is 0.620. The van der Waals surface area contributed by atoms with E-state index in [0.29, 0.717) is 18.4 Å². The van der Waals surface area contributed by atoms with Crippen LogP contribution in [0.25, 0.3) is 0 Å². The van der Waals surface area contributed by atoms with Crippen LogP contribution in [0.1, 0.15) is 120 Å². The lowest BCUT2D eigenvalue weighted by Gasteiger charge is -2.39. The molecule has 0 N–H and O–H groups in total. The Hall–Kier alpha value is -0.353. The summed E-state index contributed by atoms with van der Waals surface area (Å²) in [6, 6.07) is 0. The topological polar surface area (TPSA) is 35.5 Å². The summed E-state index contributed by atoms with van der Waals surface area (Å²) in [5.41, 5.74) is -0.374. The van der Waals surface area contributed by atoms with Crippen LogP contribution in [0.4, 0.5) is 0 Å². The van der Waals surface area contributed by atoms with Gasteiger partial charge in [0.25, 0.3) is 0 Å². The van der Waals surface area contributed by atoms with Crippen molar-refractivity contribution in [1.82, 2.24) is 0 Å². The van der Waals surface area contributed by atoms with Crippen molar-refractivity contribution in [3.05, 3.63) is 0 Å². The fourth-order valence-electron chi connectivity index (χ4n) is 3.25. The van der Waals surface area contributed by atoms with E-state index in [4.69, 9.17) is 9.16 Å². The predicted octanol–water partition coefficient (Wildman–Crippen LogP) is 8.28. The van der Waals surface area contributed by atoms with E-state index in [2.05, 4.69) is 47.7 Å². The molecule has 0 amide bonds. The number of carbonyl (C=O) groups excluding carboxylic acids is 1. The molecule has 0 aliphatic heterocycles. The molecule has 0 aliphatic rings. The van der Waals surface area contributed by atoms with Crippen molar-refractivity contribution < 1.29 is 14.0 Å². The van der Waals surface area contributed by atoms with E-state index >= 15 is 0 Å². The standard InChI is InChI=1S/C25H52O3Si/c1-11-12-13-17-22(28-29(9,10)25(6,7)8)20-19-21(2)16-14-15-18-23(26)27-24(3,4)5/h21-22H,11-20H2,1-10H3/t21-,22-/m1/s1. The quantitative estimate of drug-likeness (QED) is 0.159. The Morgan fingerprint density at radius 3 is 1.97 bits per heavy atom. The van der Waals surface area contributed by atoms with Gasteiger partial charge in [-0.05, 0) is 70.5 Å². The normalized spacial score (nSPS) is 15.2. The largest absolute Gasteiger partial charge is 0.460 e. The lowest BCUT2D eigenvalue weighted by molar-refractivity contribution is -0.154. The SMILES string of the molecule is CCCCC[C@H](CC[C@H](C)CCCCC(=O)OC(C)(C)C)O[Si](C)(C)C(C)(C)C. The van der Waals surface area contributed by atoms with Crippen LogP contribution in [0.15, 0.2) is 0 Å². The summed E-state index contributed by atoms with van der Waals surface area (Å²) < 4.78 is 12.2. The van der Waals surface area contributed by atoms with Crippen LogP contribution < -0.4 is 0 Å². The minimum atomic E-state index is -1.72. The van der Waals surface area contributed by atoms with E-state index in [1.54, 1.807) is 0 Å².